The summed E-state index contributed by atoms with van der Waals surface area (Å²) in [6.07, 6.45) is 5.63. The molecule has 1 aliphatic carbocycles. The Bertz CT molecular complexity index is 352. The molecule has 1 saturated carbocycles. The summed E-state index contributed by atoms with van der Waals surface area (Å²) in [4.78, 5) is 0. The number of nitrogens with one attached hydrogen (secondary N) is 1. The molecule has 3 atom stereocenters. The zero-order valence-corrected chi connectivity index (χ0v) is 12.3. The third-order valence-corrected chi connectivity index (χ3v) is 4.11. The minimum absolute atomic E-state index is 0.188. The summed E-state index contributed by atoms with van der Waals surface area (Å²) in [6, 6.07) is 11.1. The monoisotopic (exact) mass is 261 g/mol. The highest BCUT2D eigenvalue weighted by Gasteiger charge is 2.17. The molecule has 19 heavy (non-hydrogen) atoms. The molecule has 1 aromatic carbocycles. The molecule has 3 unspecified atom stereocenters. The maximum absolute atomic E-state index is 5.88. The van der Waals surface area contributed by atoms with E-state index in [-0.39, 0.29) is 6.10 Å². The molecule has 0 amide bonds. The molecule has 1 fully saturated rings. The topological polar surface area (TPSA) is 21.3 Å². The van der Waals surface area contributed by atoms with Crippen molar-refractivity contribution in [3.63, 3.8) is 0 Å². The highest BCUT2D eigenvalue weighted by atomic mass is 16.5. The molecule has 2 rings (SSSR count). The van der Waals surface area contributed by atoms with Gasteiger partial charge in [0.2, 0.25) is 0 Å². The second-order valence-corrected chi connectivity index (χ2v) is 5.85. The van der Waals surface area contributed by atoms with Gasteiger partial charge in [-0.25, -0.2) is 0 Å². The first kappa shape index (κ1) is 14.5. The van der Waals surface area contributed by atoms with Crippen molar-refractivity contribution >= 4 is 0 Å². The first-order chi connectivity index (χ1) is 9.25. The van der Waals surface area contributed by atoms with E-state index in [0.717, 1.165) is 19.1 Å². The van der Waals surface area contributed by atoms with Crippen LogP contribution in [0.5, 0.6) is 0 Å². The molecular formula is C17H27NO. The predicted octanol–water partition coefficient (Wildman–Crippen LogP) is 3.93. The average Bonchev–Trinajstić information content (AvgIpc) is 2.44. The van der Waals surface area contributed by atoms with Gasteiger partial charge in [-0.3, -0.25) is 0 Å². The smallest absolute Gasteiger partial charge is 0.0797 e. The molecule has 106 valence electrons. The van der Waals surface area contributed by atoms with Crippen molar-refractivity contribution in [1.82, 2.24) is 5.32 Å². The van der Waals surface area contributed by atoms with Crippen molar-refractivity contribution in [1.29, 1.82) is 0 Å². The Labute approximate surface area is 117 Å². The second-order valence-electron chi connectivity index (χ2n) is 5.85. The molecule has 0 spiro atoms. The van der Waals surface area contributed by atoms with Gasteiger partial charge < -0.3 is 10.1 Å². The SMILES string of the molecule is CC1CCCC(NCCOC(C)c2ccccc2)C1. The summed E-state index contributed by atoms with van der Waals surface area (Å²) in [7, 11) is 0. The molecule has 0 radical (unpaired) electrons. The fourth-order valence-corrected chi connectivity index (χ4v) is 2.94. The number of hydrogen-bond acceptors (Lipinski definition) is 2. The maximum atomic E-state index is 5.88. The summed E-state index contributed by atoms with van der Waals surface area (Å²) in [5.41, 5.74) is 1.26. The van der Waals surface area contributed by atoms with E-state index >= 15 is 0 Å². The van der Waals surface area contributed by atoms with Crippen LogP contribution in [-0.2, 0) is 4.74 Å². The molecule has 1 aliphatic rings. The van der Waals surface area contributed by atoms with Crippen LogP contribution in [0.15, 0.2) is 30.3 Å². The van der Waals surface area contributed by atoms with E-state index in [1.54, 1.807) is 0 Å². The number of ether oxygens (including phenoxy) is 1. The highest BCUT2D eigenvalue weighted by molar-refractivity contribution is 5.16. The van der Waals surface area contributed by atoms with E-state index in [4.69, 9.17) is 4.74 Å². The van der Waals surface area contributed by atoms with Gasteiger partial charge in [0.25, 0.3) is 0 Å². The molecule has 2 nitrogen and oxygen atoms in total. The predicted molar refractivity (Wildman–Crippen MR) is 80.2 cm³/mol. The van der Waals surface area contributed by atoms with Gasteiger partial charge >= 0.3 is 0 Å². The van der Waals surface area contributed by atoms with E-state index in [1.807, 2.05) is 6.07 Å². The Morgan fingerprint density at radius 3 is 2.79 bits per heavy atom. The lowest BCUT2D eigenvalue weighted by Gasteiger charge is -2.27. The Morgan fingerprint density at radius 2 is 2.05 bits per heavy atom. The summed E-state index contributed by atoms with van der Waals surface area (Å²) >= 11 is 0. The summed E-state index contributed by atoms with van der Waals surface area (Å²) in [5, 5.41) is 3.63. The van der Waals surface area contributed by atoms with E-state index in [2.05, 4.69) is 43.4 Å². The molecule has 2 heteroatoms. The van der Waals surface area contributed by atoms with Gasteiger partial charge in [0.05, 0.1) is 12.7 Å². The number of hydrogen-bond donors (Lipinski definition) is 1. The van der Waals surface area contributed by atoms with Crippen LogP contribution in [0.4, 0.5) is 0 Å². The maximum Gasteiger partial charge on any atom is 0.0797 e. The van der Waals surface area contributed by atoms with Gasteiger partial charge in [0.15, 0.2) is 0 Å². The van der Waals surface area contributed by atoms with E-state index in [9.17, 15) is 0 Å². The lowest BCUT2D eigenvalue weighted by molar-refractivity contribution is 0.0651. The molecule has 1 N–H and O–H groups in total. The standard InChI is InChI=1S/C17H27NO/c1-14-7-6-10-17(13-14)18-11-12-19-15(2)16-8-4-3-5-9-16/h3-5,8-9,14-15,17-18H,6-7,10-13H2,1-2H3. The summed E-state index contributed by atoms with van der Waals surface area (Å²) in [6.45, 7) is 6.25. The molecular weight excluding hydrogens is 234 g/mol. The Balaban J connectivity index is 1.61. The normalized spacial score (nSPS) is 25.2. The zero-order chi connectivity index (χ0) is 13.5. The van der Waals surface area contributed by atoms with Crippen molar-refractivity contribution in [3.8, 4) is 0 Å². The molecule has 0 saturated heterocycles. The van der Waals surface area contributed by atoms with Gasteiger partial charge in [-0.05, 0) is 31.2 Å². The van der Waals surface area contributed by atoms with Crippen molar-refractivity contribution < 1.29 is 4.74 Å². The van der Waals surface area contributed by atoms with Crippen LogP contribution in [0, 0.1) is 5.92 Å². The van der Waals surface area contributed by atoms with Gasteiger partial charge in [0, 0.05) is 12.6 Å². The van der Waals surface area contributed by atoms with Crippen LogP contribution in [0.1, 0.15) is 51.2 Å². The Hall–Kier alpha value is -0.860. The molecule has 0 heterocycles. The van der Waals surface area contributed by atoms with Crippen LogP contribution in [0.2, 0.25) is 0 Å². The fraction of sp³-hybridized carbons (Fsp3) is 0.647. The summed E-state index contributed by atoms with van der Waals surface area (Å²) in [5.74, 6) is 0.885. The van der Waals surface area contributed by atoms with Crippen molar-refractivity contribution in [2.24, 2.45) is 5.92 Å². The van der Waals surface area contributed by atoms with Crippen molar-refractivity contribution in [2.45, 2.75) is 51.7 Å². The quantitative estimate of drug-likeness (QED) is 0.783. The molecule has 0 bridgehead atoms. The van der Waals surface area contributed by atoms with Gasteiger partial charge in [-0.15, -0.1) is 0 Å². The van der Waals surface area contributed by atoms with Crippen molar-refractivity contribution in [3.05, 3.63) is 35.9 Å². The second kappa shape index (κ2) is 7.66. The Morgan fingerprint density at radius 1 is 1.26 bits per heavy atom. The van der Waals surface area contributed by atoms with Gasteiger partial charge in [-0.2, -0.15) is 0 Å². The van der Waals surface area contributed by atoms with E-state index in [0.29, 0.717) is 6.04 Å². The van der Waals surface area contributed by atoms with Crippen LogP contribution >= 0.6 is 0 Å². The third kappa shape index (κ3) is 4.96. The summed E-state index contributed by atoms with van der Waals surface area (Å²) < 4.78 is 5.88. The largest absolute Gasteiger partial charge is 0.373 e. The van der Waals surface area contributed by atoms with Gasteiger partial charge in [-0.1, -0.05) is 50.1 Å². The first-order valence-corrected chi connectivity index (χ1v) is 7.65. The lowest BCUT2D eigenvalue weighted by atomic mass is 9.87. The minimum atomic E-state index is 0.188. The average molecular weight is 261 g/mol. The first-order valence-electron chi connectivity index (χ1n) is 7.65. The van der Waals surface area contributed by atoms with Gasteiger partial charge in [0.1, 0.15) is 0 Å². The van der Waals surface area contributed by atoms with Crippen LogP contribution in [0.25, 0.3) is 0 Å². The minimum Gasteiger partial charge on any atom is -0.373 e. The van der Waals surface area contributed by atoms with Crippen molar-refractivity contribution in [2.75, 3.05) is 13.2 Å². The van der Waals surface area contributed by atoms with Crippen LogP contribution in [0.3, 0.4) is 0 Å². The molecule has 0 aromatic heterocycles. The highest BCUT2D eigenvalue weighted by Crippen LogP contribution is 2.23. The Kier molecular flexibility index (Phi) is 5.87. The van der Waals surface area contributed by atoms with E-state index < -0.39 is 0 Å². The fourth-order valence-electron chi connectivity index (χ4n) is 2.94. The third-order valence-electron chi connectivity index (χ3n) is 4.11. The zero-order valence-electron chi connectivity index (χ0n) is 12.3. The lowest BCUT2D eigenvalue weighted by Crippen LogP contribution is -2.35. The van der Waals surface area contributed by atoms with Crippen LogP contribution in [-0.4, -0.2) is 19.2 Å². The number of benzene rings is 1. The van der Waals surface area contributed by atoms with E-state index in [1.165, 1.54) is 31.2 Å². The molecule has 0 aliphatic heterocycles. The van der Waals surface area contributed by atoms with Crippen LogP contribution < -0.4 is 5.32 Å². The number of rotatable bonds is 6. The molecule has 1 aromatic rings.